The number of aromatic nitrogens is 3. The summed E-state index contributed by atoms with van der Waals surface area (Å²) in [6.07, 6.45) is 3.35. The number of hydrogen-bond donors (Lipinski definition) is 1. The molecule has 1 amide bonds. The van der Waals surface area contributed by atoms with Crippen LogP contribution in [0.5, 0.6) is 0 Å². The molecule has 0 aliphatic rings. The van der Waals surface area contributed by atoms with Gasteiger partial charge in [-0.1, -0.05) is 18.2 Å². The molecular formula is C21H18N4O2. The summed E-state index contributed by atoms with van der Waals surface area (Å²) in [4.78, 5) is 25.3. The van der Waals surface area contributed by atoms with Crippen molar-refractivity contribution in [2.45, 2.75) is 6.92 Å². The summed E-state index contributed by atoms with van der Waals surface area (Å²) in [5.74, 6) is -0.350. The lowest BCUT2D eigenvalue weighted by Crippen LogP contribution is -2.17. The highest BCUT2D eigenvalue weighted by Gasteiger charge is 2.15. The zero-order valence-corrected chi connectivity index (χ0v) is 15.0. The first kappa shape index (κ1) is 16.8. The highest BCUT2D eigenvalue weighted by Crippen LogP contribution is 2.21. The van der Waals surface area contributed by atoms with Crippen molar-refractivity contribution in [2.24, 2.45) is 7.05 Å². The van der Waals surface area contributed by atoms with Gasteiger partial charge in [0.05, 0.1) is 5.52 Å². The van der Waals surface area contributed by atoms with Crippen LogP contribution in [0.1, 0.15) is 26.4 Å². The first-order valence-corrected chi connectivity index (χ1v) is 8.55. The minimum atomic E-state index is -0.242. The number of para-hydroxylation sites is 1. The molecule has 0 aliphatic heterocycles. The molecule has 0 fully saturated rings. The van der Waals surface area contributed by atoms with E-state index in [0.29, 0.717) is 16.9 Å². The van der Waals surface area contributed by atoms with Gasteiger partial charge in [-0.15, -0.1) is 0 Å². The molecule has 0 radical (unpaired) electrons. The SMILES string of the molecule is Cc1cc(C(=O)n2ccc3ccccc32)ccc1NC(=O)c1ccnn1C. The summed E-state index contributed by atoms with van der Waals surface area (Å²) < 4.78 is 3.15. The highest BCUT2D eigenvalue weighted by molar-refractivity contribution is 6.05. The Morgan fingerprint density at radius 1 is 1.04 bits per heavy atom. The van der Waals surface area contributed by atoms with Gasteiger partial charge in [0.2, 0.25) is 0 Å². The van der Waals surface area contributed by atoms with Crippen molar-refractivity contribution >= 4 is 28.4 Å². The molecule has 2 heterocycles. The van der Waals surface area contributed by atoms with Crippen LogP contribution >= 0.6 is 0 Å². The van der Waals surface area contributed by atoms with Crippen molar-refractivity contribution in [3.05, 3.63) is 83.8 Å². The second-order valence-electron chi connectivity index (χ2n) is 6.37. The molecule has 0 unspecified atom stereocenters. The normalized spacial score (nSPS) is 10.9. The Balaban J connectivity index is 1.61. The largest absolute Gasteiger partial charge is 0.320 e. The Morgan fingerprint density at radius 2 is 1.85 bits per heavy atom. The van der Waals surface area contributed by atoms with E-state index in [0.717, 1.165) is 16.5 Å². The zero-order chi connectivity index (χ0) is 19.0. The summed E-state index contributed by atoms with van der Waals surface area (Å²) in [6.45, 7) is 1.86. The van der Waals surface area contributed by atoms with Crippen LogP contribution in [0, 0.1) is 6.92 Å². The summed E-state index contributed by atoms with van der Waals surface area (Å²) in [6, 6.07) is 16.6. The van der Waals surface area contributed by atoms with Gasteiger partial charge in [0, 0.05) is 36.1 Å². The van der Waals surface area contributed by atoms with Gasteiger partial charge in [0.25, 0.3) is 11.8 Å². The van der Waals surface area contributed by atoms with E-state index in [1.807, 2.05) is 37.3 Å². The Labute approximate surface area is 156 Å². The average molecular weight is 358 g/mol. The Bertz CT molecular complexity index is 1170. The molecule has 4 aromatic rings. The Hall–Kier alpha value is -3.67. The van der Waals surface area contributed by atoms with Crippen molar-refractivity contribution in [2.75, 3.05) is 5.32 Å². The smallest absolute Gasteiger partial charge is 0.273 e. The molecule has 0 saturated heterocycles. The van der Waals surface area contributed by atoms with Crippen LogP contribution in [0.3, 0.4) is 0 Å². The molecule has 2 aromatic carbocycles. The van der Waals surface area contributed by atoms with Crippen molar-refractivity contribution in [3.8, 4) is 0 Å². The maximum atomic E-state index is 12.9. The van der Waals surface area contributed by atoms with E-state index in [1.165, 1.54) is 4.68 Å². The Morgan fingerprint density at radius 3 is 2.59 bits per heavy atom. The number of nitrogens with one attached hydrogen (secondary N) is 1. The molecule has 0 aliphatic carbocycles. The van der Waals surface area contributed by atoms with E-state index in [1.54, 1.807) is 48.3 Å². The number of hydrogen-bond acceptors (Lipinski definition) is 3. The molecule has 0 atom stereocenters. The number of carbonyl (C=O) groups is 2. The fraction of sp³-hybridized carbons (Fsp3) is 0.0952. The first-order chi connectivity index (χ1) is 13.0. The topological polar surface area (TPSA) is 68.9 Å². The van der Waals surface area contributed by atoms with Gasteiger partial charge in [-0.05, 0) is 48.9 Å². The Kier molecular flexibility index (Phi) is 4.08. The van der Waals surface area contributed by atoms with Crippen LogP contribution in [0.15, 0.2) is 67.0 Å². The molecule has 0 bridgehead atoms. The minimum absolute atomic E-state index is 0.108. The van der Waals surface area contributed by atoms with E-state index in [-0.39, 0.29) is 11.8 Å². The number of carbonyl (C=O) groups excluding carboxylic acids is 2. The number of rotatable bonds is 3. The molecule has 6 nitrogen and oxygen atoms in total. The number of amides is 1. The number of anilines is 1. The summed E-state index contributed by atoms with van der Waals surface area (Å²) in [5, 5.41) is 7.88. The summed E-state index contributed by atoms with van der Waals surface area (Å²) in [7, 11) is 1.71. The first-order valence-electron chi connectivity index (χ1n) is 8.55. The van der Waals surface area contributed by atoms with E-state index >= 15 is 0 Å². The van der Waals surface area contributed by atoms with Crippen molar-refractivity contribution in [3.63, 3.8) is 0 Å². The minimum Gasteiger partial charge on any atom is -0.320 e. The zero-order valence-electron chi connectivity index (χ0n) is 15.0. The summed E-state index contributed by atoms with van der Waals surface area (Å²) in [5.41, 5.74) is 3.37. The van der Waals surface area contributed by atoms with E-state index in [9.17, 15) is 9.59 Å². The molecule has 4 rings (SSSR count). The quantitative estimate of drug-likeness (QED) is 0.608. The fourth-order valence-electron chi connectivity index (χ4n) is 3.12. The average Bonchev–Trinajstić information content (AvgIpc) is 3.29. The molecule has 134 valence electrons. The van der Waals surface area contributed by atoms with Crippen molar-refractivity contribution in [1.29, 1.82) is 0 Å². The predicted molar refractivity (Wildman–Crippen MR) is 104 cm³/mol. The third-order valence-electron chi connectivity index (χ3n) is 4.59. The van der Waals surface area contributed by atoms with Crippen LogP contribution < -0.4 is 5.32 Å². The van der Waals surface area contributed by atoms with Crippen LogP contribution in [0.2, 0.25) is 0 Å². The van der Waals surface area contributed by atoms with Crippen molar-refractivity contribution < 1.29 is 9.59 Å². The number of nitrogens with zero attached hydrogens (tertiary/aromatic N) is 3. The van der Waals surface area contributed by atoms with Crippen molar-refractivity contribution in [1.82, 2.24) is 14.3 Å². The van der Waals surface area contributed by atoms with E-state index < -0.39 is 0 Å². The van der Waals surface area contributed by atoms with Crippen LogP contribution in [0.4, 0.5) is 5.69 Å². The van der Waals surface area contributed by atoms with E-state index in [2.05, 4.69) is 10.4 Å². The number of fused-ring (bicyclic) bond motifs is 1. The van der Waals surface area contributed by atoms with Crippen LogP contribution in [0.25, 0.3) is 10.9 Å². The number of benzene rings is 2. The highest BCUT2D eigenvalue weighted by atomic mass is 16.2. The molecule has 0 spiro atoms. The molecule has 1 N–H and O–H groups in total. The second-order valence-corrected chi connectivity index (χ2v) is 6.37. The molecular weight excluding hydrogens is 340 g/mol. The molecule has 2 aromatic heterocycles. The molecule has 27 heavy (non-hydrogen) atoms. The lowest BCUT2D eigenvalue weighted by atomic mass is 10.1. The monoisotopic (exact) mass is 358 g/mol. The van der Waals surface area contributed by atoms with E-state index in [4.69, 9.17) is 0 Å². The second kappa shape index (κ2) is 6.57. The van der Waals surface area contributed by atoms with Gasteiger partial charge in [-0.25, -0.2) is 0 Å². The van der Waals surface area contributed by atoms with Gasteiger partial charge in [-0.2, -0.15) is 5.10 Å². The van der Waals surface area contributed by atoms with Crippen LogP contribution in [-0.4, -0.2) is 26.2 Å². The lowest BCUT2D eigenvalue weighted by molar-refractivity contribution is 0.0964. The van der Waals surface area contributed by atoms with Crippen LogP contribution in [-0.2, 0) is 7.05 Å². The summed E-state index contributed by atoms with van der Waals surface area (Å²) >= 11 is 0. The molecule has 6 heteroatoms. The van der Waals surface area contributed by atoms with Gasteiger partial charge in [-0.3, -0.25) is 18.8 Å². The fourth-order valence-corrected chi connectivity index (χ4v) is 3.12. The maximum Gasteiger partial charge on any atom is 0.273 e. The standard InChI is InChI=1S/C21H18N4O2/c1-14-13-16(21(27)25-12-10-15-5-3-4-6-18(15)25)7-8-17(14)23-20(26)19-9-11-22-24(19)2/h3-13H,1-2H3,(H,23,26). The predicted octanol–water partition coefficient (Wildman–Crippen LogP) is 3.62. The third kappa shape index (κ3) is 3.01. The number of aryl methyl sites for hydroxylation is 2. The van der Waals surface area contributed by atoms with Gasteiger partial charge in [0.15, 0.2) is 0 Å². The maximum absolute atomic E-state index is 12.9. The van der Waals surface area contributed by atoms with Gasteiger partial charge < -0.3 is 5.32 Å². The molecule has 0 saturated carbocycles. The van der Waals surface area contributed by atoms with Gasteiger partial charge >= 0.3 is 0 Å². The third-order valence-corrected chi connectivity index (χ3v) is 4.59. The lowest BCUT2D eigenvalue weighted by Gasteiger charge is -2.11. The van der Waals surface area contributed by atoms with Gasteiger partial charge in [0.1, 0.15) is 5.69 Å².